The van der Waals surface area contributed by atoms with Gasteiger partial charge >= 0.3 is 17.9 Å². The van der Waals surface area contributed by atoms with Crippen molar-refractivity contribution in [3.8, 4) is 0 Å². The maximum absolute atomic E-state index is 10.7. The van der Waals surface area contributed by atoms with Crippen molar-refractivity contribution in [1.82, 2.24) is 0 Å². The van der Waals surface area contributed by atoms with Gasteiger partial charge in [0.05, 0.1) is 11.8 Å². The molecule has 0 spiro atoms. The fourth-order valence-corrected chi connectivity index (χ4v) is 1.55. The second-order valence-electron chi connectivity index (χ2n) is 3.42. The van der Waals surface area contributed by atoms with Gasteiger partial charge in [-0.25, -0.2) is 4.79 Å². The normalized spacial score (nSPS) is 25.5. The van der Waals surface area contributed by atoms with Crippen LogP contribution in [0.25, 0.3) is 0 Å². The van der Waals surface area contributed by atoms with Crippen molar-refractivity contribution in [3.05, 3.63) is 11.6 Å². The van der Waals surface area contributed by atoms with Crippen molar-refractivity contribution in [1.29, 1.82) is 0 Å². The average Bonchev–Trinajstić information content (AvgIpc) is 2.16. The second kappa shape index (κ2) is 4.12. The molecule has 1 rings (SSSR count). The van der Waals surface area contributed by atoms with E-state index in [2.05, 4.69) is 0 Å². The van der Waals surface area contributed by atoms with Gasteiger partial charge in [-0.3, -0.25) is 9.59 Å². The summed E-state index contributed by atoms with van der Waals surface area (Å²) in [5.74, 6) is -5.56. The molecule has 82 valence electrons. The number of rotatable bonds is 3. The number of aliphatic carboxylic acids is 3. The summed E-state index contributed by atoms with van der Waals surface area (Å²) in [6, 6.07) is 0. The van der Waals surface area contributed by atoms with Gasteiger partial charge in [0, 0.05) is 5.57 Å². The van der Waals surface area contributed by atoms with Crippen LogP contribution in [0.2, 0.25) is 0 Å². The van der Waals surface area contributed by atoms with Crippen LogP contribution in [0.15, 0.2) is 11.6 Å². The highest BCUT2D eigenvalue weighted by molar-refractivity contribution is 5.90. The lowest BCUT2D eigenvalue weighted by Crippen LogP contribution is -2.28. The van der Waals surface area contributed by atoms with E-state index >= 15 is 0 Å². The molecule has 0 aromatic carbocycles. The summed E-state index contributed by atoms with van der Waals surface area (Å²) in [5, 5.41) is 26.1. The van der Waals surface area contributed by atoms with E-state index in [0.29, 0.717) is 0 Å². The highest BCUT2D eigenvalue weighted by atomic mass is 16.4. The smallest absolute Gasteiger partial charge is 0.331 e. The standard InChI is InChI=1S/C9H10O6/c10-7(11)4-1-5(8(12)13)3-6(2-4)9(14)15/h1,4,6H,2-3H2,(H,10,11)(H,12,13)(H,14,15). The summed E-state index contributed by atoms with van der Waals surface area (Å²) in [4.78, 5) is 32.0. The second-order valence-corrected chi connectivity index (χ2v) is 3.42. The first kappa shape index (κ1) is 11.2. The van der Waals surface area contributed by atoms with Crippen LogP contribution in [0.3, 0.4) is 0 Å². The molecule has 0 radical (unpaired) electrons. The quantitative estimate of drug-likeness (QED) is 0.618. The summed E-state index contributed by atoms with van der Waals surface area (Å²) >= 11 is 0. The zero-order valence-corrected chi connectivity index (χ0v) is 7.71. The maximum atomic E-state index is 10.7. The van der Waals surface area contributed by atoms with Crippen molar-refractivity contribution in [2.45, 2.75) is 12.8 Å². The molecule has 0 aromatic heterocycles. The number of carbonyl (C=O) groups is 3. The predicted molar refractivity (Wildman–Crippen MR) is 47.2 cm³/mol. The minimum Gasteiger partial charge on any atom is -0.481 e. The molecule has 0 fully saturated rings. The topological polar surface area (TPSA) is 112 Å². The van der Waals surface area contributed by atoms with Crippen molar-refractivity contribution < 1.29 is 29.7 Å². The molecular formula is C9H10O6. The predicted octanol–water partition coefficient (Wildman–Crippen LogP) is 0.193. The van der Waals surface area contributed by atoms with Gasteiger partial charge in [0.25, 0.3) is 0 Å². The molecule has 15 heavy (non-hydrogen) atoms. The molecule has 0 saturated heterocycles. The third-order valence-electron chi connectivity index (χ3n) is 2.35. The largest absolute Gasteiger partial charge is 0.481 e. The first-order chi connectivity index (χ1) is 6.91. The van der Waals surface area contributed by atoms with Gasteiger partial charge < -0.3 is 15.3 Å². The Morgan fingerprint density at radius 2 is 1.73 bits per heavy atom. The van der Waals surface area contributed by atoms with Crippen molar-refractivity contribution >= 4 is 17.9 Å². The number of carboxylic acid groups (broad SMARTS) is 3. The van der Waals surface area contributed by atoms with Crippen LogP contribution in [0.1, 0.15) is 12.8 Å². The zero-order chi connectivity index (χ0) is 11.6. The first-order valence-corrected chi connectivity index (χ1v) is 4.31. The van der Waals surface area contributed by atoms with E-state index in [-0.39, 0.29) is 18.4 Å². The van der Waals surface area contributed by atoms with E-state index in [4.69, 9.17) is 15.3 Å². The Morgan fingerprint density at radius 3 is 2.13 bits per heavy atom. The van der Waals surface area contributed by atoms with Gasteiger partial charge in [0.2, 0.25) is 0 Å². The van der Waals surface area contributed by atoms with E-state index in [0.717, 1.165) is 6.08 Å². The van der Waals surface area contributed by atoms with Gasteiger partial charge in [-0.15, -0.1) is 0 Å². The minimum atomic E-state index is -1.26. The Morgan fingerprint density at radius 1 is 1.13 bits per heavy atom. The molecule has 6 nitrogen and oxygen atoms in total. The van der Waals surface area contributed by atoms with Gasteiger partial charge in [-0.1, -0.05) is 6.08 Å². The van der Waals surface area contributed by atoms with E-state index in [1.165, 1.54) is 0 Å². The Kier molecular flexibility index (Phi) is 3.08. The van der Waals surface area contributed by atoms with E-state index < -0.39 is 29.7 Å². The zero-order valence-electron chi connectivity index (χ0n) is 7.71. The molecule has 0 aromatic rings. The Hall–Kier alpha value is -1.85. The minimum absolute atomic E-state index is 0.0541. The lowest BCUT2D eigenvalue weighted by Gasteiger charge is -2.21. The van der Waals surface area contributed by atoms with Gasteiger partial charge in [0.1, 0.15) is 0 Å². The molecule has 0 aliphatic heterocycles. The Bertz CT molecular complexity index is 343. The van der Waals surface area contributed by atoms with E-state index in [9.17, 15) is 14.4 Å². The van der Waals surface area contributed by atoms with Crippen LogP contribution in [0, 0.1) is 11.8 Å². The van der Waals surface area contributed by atoms with E-state index in [1.807, 2.05) is 0 Å². The van der Waals surface area contributed by atoms with E-state index in [1.54, 1.807) is 0 Å². The molecule has 1 aliphatic carbocycles. The highest BCUT2D eigenvalue weighted by Crippen LogP contribution is 2.28. The van der Waals surface area contributed by atoms with Crippen molar-refractivity contribution in [2.75, 3.05) is 0 Å². The molecule has 2 atom stereocenters. The van der Waals surface area contributed by atoms with Gasteiger partial charge in [0.15, 0.2) is 0 Å². The number of hydrogen-bond acceptors (Lipinski definition) is 3. The lowest BCUT2D eigenvalue weighted by atomic mass is 9.82. The SMILES string of the molecule is O=C(O)C1=CC(C(=O)O)CC(C(=O)O)C1. The fraction of sp³-hybridized carbons (Fsp3) is 0.444. The first-order valence-electron chi connectivity index (χ1n) is 4.31. The molecule has 1 aliphatic rings. The van der Waals surface area contributed by atoms with Crippen LogP contribution < -0.4 is 0 Å². The molecule has 3 N–H and O–H groups in total. The lowest BCUT2D eigenvalue weighted by molar-refractivity contribution is -0.145. The summed E-state index contributed by atoms with van der Waals surface area (Å²) < 4.78 is 0. The summed E-state index contributed by atoms with van der Waals surface area (Å²) in [6.07, 6.45) is 0.944. The van der Waals surface area contributed by atoms with Crippen LogP contribution in [-0.4, -0.2) is 33.2 Å². The Balaban J connectivity index is 2.94. The molecule has 6 heteroatoms. The fourth-order valence-electron chi connectivity index (χ4n) is 1.55. The van der Waals surface area contributed by atoms with Crippen molar-refractivity contribution in [2.24, 2.45) is 11.8 Å². The maximum Gasteiger partial charge on any atom is 0.331 e. The summed E-state index contributed by atoms with van der Waals surface area (Å²) in [6.45, 7) is 0. The average molecular weight is 214 g/mol. The monoisotopic (exact) mass is 214 g/mol. The molecule has 0 saturated carbocycles. The van der Waals surface area contributed by atoms with Gasteiger partial charge in [-0.2, -0.15) is 0 Å². The van der Waals surface area contributed by atoms with Crippen LogP contribution >= 0.6 is 0 Å². The third kappa shape index (κ3) is 2.55. The molecule has 0 amide bonds. The molecule has 2 unspecified atom stereocenters. The summed E-state index contributed by atoms with van der Waals surface area (Å²) in [7, 11) is 0. The molecule has 0 bridgehead atoms. The molecule has 0 heterocycles. The van der Waals surface area contributed by atoms with Crippen molar-refractivity contribution in [3.63, 3.8) is 0 Å². The van der Waals surface area contributed by atoms with Crippen LogP contribution in [0.4, 0.5) is 0 Å². The van der Waals surface area contributed by atoms with Crippen LogP contribution in [0.5, 0.6) is 0 Å². The summed E-state index contributed by atoms with van der Waals surface area (Å²) in [5.41, 5.74) is -0.138. The van der Waals surface area contributed by atoms with Crippen LogP contribution in [-0.2, 0) is 14.4 Å². The Labute approximate surface area is 84.8 Å². The highest BCUT2D eigenvalue weighted by Gasteiger charge is 2.33. The third-order valence-corrected chi connectivity index (χ3v) is 2.35. The van der Waals surface area contributed by atoms with Gasteiger partial charge in [-0.05, 0) is 12.8 Å². The molecular weight excluding hydrogens is 204 g/mol. The number of hydrogen-bond donors (Lipinski definition) is 3. The number of carboxylic acids is 3.